The van der Waals surface area contributed by atoms with Crippen molar-refractivity contribution in [1.29, 1.82) is 0 Å². The van der Waals surface area contributed by atoms with Crippen LogP contribution < -0.4 is 0 Å². The van der Waals surface area contributed by atoms with Gasteiger partial charge in [-0.25, -0.2) is 0 Å². The predicted molar refractivity (Wildman–Crippen MR) is 648 cm³/mol. The minimum absolute atomic E-state index is 0.569. The van der Waals surface area contributed by atoms with Crippen molar-refractivity contribution in [3.63, 3.8) is 0 Å². The third-order valence-corrected chi connectivity index (χ3v) is 30.9. The highest BCUT2D eigenvalue weighted by Gasteiger charge is 2.22. The average molecular weight is 1930 g/mol. The summed E-state index contributed by atoms with van der Waals surface area (Å²) in [4.78, 5) is 0. The highest BCUT2D eigenvalue weighted by Crippen LogP contribution is 2.38. The highest BCUT2D eigenvalue weighted by molar-refractivity contribution is 6.07. The molecule has 0 spiro atoms. The van der Waals surface area contributed by atoms with Gasteiger partial charge in [0.25, 0.3) is 0 Å². The molecule has 16 aromatic carbocycles. The molecule has 4 aliphatic rings. The maximum atomic E-state index is 2.39. The number of benzene rings is 16. The predicted octanol–water partition coefficient (Wildman–Crippen LogP) is 45.0. The van der Waals surface area contributed by atoms with Crippen molar-refractivity contribution in [2.45, 2.75) is 348 Å². The van der Waals surface area contributed by atoms with E-state index in [-0.39, 0.29) is 0 Å². The van der Waals surface area contributed by atoms with E-state index in [1.54, 1.807) is 5.56 Å². The number of rotatable bonds is 16. The molecule has 0 atom stereocenters. The van der Waals surface area contributed by atoms with Gasteiger partial charge in [-0.05, 0) is 289 Å². The Morgan fingerprint density at radius 1 is 0.214 bits per heavy atom. The zero-order valence-electron chi connectivity index (χ0n) is 94.6. The number of hydrogen-bond acceptors (Lipinski definition) is 0. The van der Waals surface area contributed by atoms with Gasteiger partial charge in [-0.3, -0.25) is 0 Å². The van der Waals surface area contributed by atoms with Gasteiger partial charge in [0.1, 0.15) is 0 Å². The molecule has 4 fully saturated rings. The summed E-state index contributed by atoms with van der Waals surface area (Å²) in [6.07, 6.45) is 30.2. The fraction of sp³-hybridized carbons (Fsp3) is 0.421. The lowest BCUT2D eigenvalue weighted by atomic mass is 9.78. The summed E-state index contributed by atoms with van der Waals surface area (Å²) in [5.41, 5.74) is 19.7. The van der Waals surface area contributed by atoms with Crippen molar-refractivity contribution >= 4 is 64.6 Å². The summed E-state index contributed by atoms with van der Waals surface area (Å²) < 4.78 is 0. The third kappa shape index (κ3) is 39.0. The molecule has 16 aromatic rings. The van der Waals surface area contributed by atoms with Crippen LogP contribution in [0.4, 0.5) is 0 Å². The Balaban J connectivity index is 0.000000165. The second-order valence-electron chi connectivity index (χ2n) is 46.3. The SMILES string of the molecule is CC(C)C1CCCC1.CC(C)C1CCCCCC1.CC(C)c1ccc(-c2ccccc2)cc1.CC(C)c1ccc(C2CCCCC2)cc1.CC(C)c1ccc(Cc2ccccc2)cc1.CC(C)c1ccc2c(ccc3ccccc32)c1.CC(C)c1ccc2ccccc2c1.CC(C)c1cccc2cc3ccccc3cc12.CC(C)c1cccc2ccccc12.CC1CCC(C(C)C)CC1.Cc1ccc(CC(C)C)cc1. The lowest BCUT2D eigenvalue weighted by molar-refractivity contribution is 0.234. The van der Waals surface area contributed by atoms with E-state index in [2.05, 4.69) is 512 Å². The first kappa shape index (κ1) is 116. The molecule has 0 N–H and O–H groups in total. The van der Waals surface area contributed by atoms with Crippen LogP contribution in [0.15, 0.2) is 352 Å². The zero-order chi connectivity index (χ0) is 104. The van der Waals surface area contributed by atoms with Crippen LogP contribution in [0.25, 0.3) is 75.8 Å². The van der Waals surface area contributed by atoms with Crippen molar-refractivity contribution in [1.82, 2.24) is 0 Å². The van der Waals surface area contributed by atoms with E-state index in [1.165, 1.54) is 265 Å². The van der Waals surface area contributed by atoms with E-state index >= 15 is 0 Å². The summed E-state index contributed by atoms with van der Waals surface area (Å²) in [6.45, 7) is 54.5. The number of hydrogen-bond donors (Lipinski definition) is 0. The standard InChI is InChI=1S/2C17H16.C16H18.C15H22.C15H16.2C13H14.C11H16.2C10H20.C8H16/c1-12(2)16-9-5-8-15-10-13-6-3-4-7-14(13)11-17(15)16;1-12(2)14-9-10-17-15(11-14)8-7-13-5-3-4-6-16(13)17;1-13(2)16-10-8-15(9-11-16)12-14-6-4-3-5-7-14;2*1-12(2)13-8-10-15(11-9-13)14-6-4-3-5-7-14;1-10(2)12-9-5-7-11-6-3-4-8-13(11)12;1-10(2)12-8-7-11-5-3-4-6-13(11)9-12;1-9(2)8-11-6-4-10(3)5-7-11;1-8(2)10-6-4-9(3)5-7-10;1-9(2)10-7-5-3-4-6-8-10;1-7(2)8-5-3-4-6-8/h2*3-12H,1-2H3;3-11,13H,12H2,1-2H3;8-12,14H,3-7H2,1-2H3;3-12H,1-2H3;2*3-10H,1-2H3;4-7,9H,8H2,1-3H3;8-10H,4-7H2,1-3H3;9-10H,3-8H2,1-2H3;7-8H,3-6H2,1-2H3. The molecule has 768 valence electrons. The second-order valence-corrected chi connectivity index (χ2v) is 46.3. The molecule has 0 radical (unpaired) electrons. The molecule has 145 heavy (non-hydrogen) atoms. The Kier molecular flexibility index (Phi) is 49.3. The molecule has 0 heterocycles. The van der Waals surface area contributed by atoms with Gasteiger partial charge in [0.05, 0.1) is 0 Å². The maximum Gasteiger partial charge on any atom is -0.00258 e. The third-order valence-electron chi connectivity index (χ3n) is 30.9. The molecule has 0 bridgehead atoms. The topological polar surface area (TPSA) is 0 Å². The number of aryl methyl sites for hydroxylation is 1. The molecule has 0 amide bonds. The van der Waals surface area contributed by atoms with Crippen LogP contribution in [-0.2, 0) is 12.8 Å². The quantitative estimate of drug-likeness (QED) is 0.0514. The van der Waals surface area contributed by atoms with Gasteiger partial charge < -0.3 is 0 Å². The minimum Gasteiger partial charge on any atom is -0.0625 e. The Labute approximate surface area is 883 Å². The normalized spacial score (nSPS) is 14.9. The molecule has 0 heteroatoms. The van der Waals surface area contributed by atoms with E-state index in [4.69, 9.17) is 0 Å². The average Bonchev–Trinajstić information content (AvgIpc) is 1.43. The largest absolute Gasteiger partial charge is 0.0625 e. The van der Waals surface area contributed by atoms with Gasteiger partial charge in [-0.1, -0.05) is 601 Å². The number of fused-ring (bicyclic) bond motifs is 7. The highest BCUT2D eigenvalue weighted by atomic mass is 14.3. The summed E-state index contributed by atoms with van der Waals surface area (Å²) in [5, 5.41) is 16.1. The van der Waals surface area contributed by atoms with Crippen molar-refractivity contribution in [2.75, 3.05) is 0 Å². The van der Waals surface area contributed by atoms with Gasteiger partial charge >= 0.3 is 0 Å². The first-order valence-corrected chi connectivity index (χ1v) is 57.1. The molecule has 4 aliphatic carbocycles. The molecule has 4 saturated carbocycles. The molecule has 20 rings (SSSR count). The summed E-state index contributed by atoms with van der Waals surface area (Å²) in [6, 6.07) is 127. The summed E-state index contributed by atoms with van der Waals surface area (Å²) in [7, 11) is 0. The molecular formula is C145H188. The monoisotopic (exact) mass is 1930 g/mol. The van der Waals surface area contributed by atoms with Gasteiger partial charge in [-0.2, -0.15) is 0 Å². The summed E-state index contributed by atoms with van der Waals surface area (Å²) in [5.74, 6) is 12.8. The van der Waals surface area contributed by atoms with Gasteiger partial charge in [-0.15, -0.1) is 0 Å². The van der Waals surface area contributed by atoms with E-state index in [1.807, 2.05) is 6.07 Å². The molecule has 0 aromatic heterocycles. The van der Waals surface area contributed by atoms with Crippen LogP contribution in [0.5, 0.6) is 0 Å². The lowest BCUT2D eigenvalue weighted by Crippen LogP contribution is -2.16. The Morgan fingerprint density at radius 3 is 1.04 bits per heavy atom. The van der Waals surface area contributed by atoms with E-state index in [9.17, 15) is 0 Å². The smallest absolute Gasteiger partial charge is 0.00258 e. The lowest BCUT2D eigenvalue weighted by Gasteiger charge is -2.28. The summed E-state index contributed by atoms with van der Waals surface area (Å²) >= 11 is 0. The fourth-order valence-corrected chi connectivity index (χ4v) is 21.1. The van der Waals surface area contributed by atoms with Gasteiger partial charge in [0, 0.05) is 0 Å². The van der Waals surface area contributed by atoms with E-state index in [0.29, 0.717) is 41.4 Å². The van der Waals surface area contributed by atoms with Crippen molar-refractivity contribution in [3.8, 4) is 11.1 Å². The second kappa shape index (κ2) is 61.6. The maximum absolute atomic E-state index is 2.39. The molecule has 0 aliphatic heterocycles. The minimum atomic E-state index is 0.569. The zero-order valence-corrected chi connectivity index (χ0v) is 94.6. The molecule has 0 nitrogen and oxygen atoms in total. The van der Waals surface area contributed by atoms with Crippen LogP contribution in [0.2, 0.25) is 0 Å². The first-order chi connectivity index (χ1) is 69.9. The van der Waals surface area contributed by atoms with Crippen molar-refractivity contribution in [2.24, 2.45) is 47.3 Å². The molecule has 0 unspecified atom stereocenters. The Morgan fingerprint density at radius 2 is 0.545 bits per heavy atom. The fourth-order valence-electron chi connectivity index (χ4n) is 21.1. The Bertz CT molecular complexity index is 6250. The van der Waals surface area contributed by atoms with Crippen molar-refractivity contribution in [3.05, 3.63) is 419 Å². The van der Waals surface area contributed by atoms with Crippen LogP contribution in [0, 0.1) is 54.3 Å². The van der Waals surface area contributed by atoms with Crippen molar-refractivity contribution < 1.29 is 0 Å². The van der Waals surface area contributed by atoms with Crippen LogP contribution in [-0.4, -0.2) is 0 Å². The molecule has 0 saturated heterocycles. The van der Waals surface area contributed by atoms with E-state index < -0.39 is 0 Å². The Hall–Kier alpha value is -10.9. The van der Waals surface area contributed by atoms with E-state index in [0.717, 1.165) is 59.7 Å². The first-order valence-electron chi connectivity index (χ1n) is 57.1. The van der Waals surface area contributed by atoms with Crippen LogP contribution in [0.1, 0.15) is 395 Å². The van der Waals surface area contributed by atoms with Crippen LogP contribution in [0.3, 0.4) is 0 Å². The van der Waals surface area contributed by atoms with Gasteiger partial charge in [0.15, 0.2) is 0 Å². The van der Waals surface area contributed by atoms with Crippen LogP contribution >= 0.6 is 0 Å². The van der Waals surface area contributed by atoms with Gasteiger partial charge in [0.2, 0.25) is 0 Å². The molecular weight excluding hydrogens is 1740 g/mol.